The van der Waals surface area contributed by atoms with E-state index in [-0.39, 0.29) is 111 Å². The topological polar surface area (TPSA) is 482 Å². The van der Waals surface area contributed by atoms with E-state index in [9.17, 15) is 57.6 Å². The quantitative estimate of drug-likeness (QED) is 0.0250. The fourth-order valence-electron chi connectivity index (χ4n) is 10.3. The van der Waals surface area contributed by atoms with Crippen LogP contribution >= 0.6 is 15.6 Å². The number of likely N-dealkylation sites (tertiary alicyclic amines) is 1. The van der Waals surface area contributed by atoms with E-state index in [1.807, 2.05) is 0 Å². The van der Waals surface area contributed by atoms with Crippen molar-refractivity contribution in [3.05, 3.63) is 55.1 Å². The van der Waals surface area contributed by atoms with Gasteiger partial charge in [-0.25, -0.2) is 57.4 Å². The molecular formula is C51H66F2N16O19P2. The number of urea groups is 1. The molecule has 5 aromatic rings. The molecule has 1 aromatic carbocycles. The number of rotatable bonds is 23. The van der Waals surface area contributed by atoms with E-state index in [0.29, 0.717) is 11.3 Å². The number of fused-ring (bicyclic) bond motifs is 4. The molecule has 488 valence electrons. The number of Topliss-reactive ketones (excluding diaryl/α,β-unsaturated/α-hetero) is 1. The van der Waals surface area contributed by atoms with E-state index in [4.69, 9.17) is 43.8 Å². The van der Waals surface area contributed by atoms with Crippen LogP contribution in [0.1, 0.15) is 70.9 Å². The lowest BCUT2D eigenvalue weighted by Gasteiger charge is -2.27. The summed E-state index contributed by atoms with van der Waals surface area (Å²) >= 11 is 0. The summed E-state index contributed by atoms with van der Waals surface area (Å²) < 4.78 is 99.3. The van der Waals surface area contributed by atoms with E-state index < -0.39 is 138 Å². The number of carbonyl (C=O) groups is 7. The molecule has 4 unspecified atom stereocenters. The Labute approximate surface area is 509 Å². The number of phosphoric ester groups is 2. The Bertz CT molecular complexity index is 3570. The number of aromatic nitrogens is 8. The first-order valence-electron chi connectivity index (χ1n) is 28.2. The van der Waals surface area contributed by atoms with Crippen LogP contribution in [-0.2, 0) is 72.0 Å². The normalized spacial score (nSPS) is 27.3. The number of carbonyl (C=O) groups excluding carboxylic acids is 7. The second kappa shape index (κ2) is 28.6. The smallest absolute Gasteiger partial charge is 0.445 e. The van der Waals surface area contributed by atoms with Gasteiger partial charge >= 0.3 is 27.8 Å². The number of hydrogen-bond acceptors (Lipinski definition) is 25. The number of halogens is 2. The van der Waals surface area contributed by atoms with Crippen molar-refractivity contribution in [2.24, 2.45) is 23.5 Å². The average Bonchev–Trinajstić information content (AvgIpc) is 1.63. The Morgan fingerprint density at radius 3 is 2.02 bits per heavy atom. The monoisotopic (exact) mass is 1310 g/mol. The number of alkyl halides is 2. The summed E-state index contributed by atoms with van der Waals surface area (Å²) in [6, 6.07) is 4.44. The third-order valence-electron chi connectivity index (χ3n) is 14.9. The maximum absolute atomic E-state index is 16.6. The van der Waals surface area contributed by atoms with Crippen molar-refractivity contribution in [2.75, 3.05) is 55.8 Å². The van der Waals surface area contributed by atoms with Crippen molar-refractivity contribution in [1.82, 2.24) is 59.9 Å². The van der Waals surface area contributed by atoms with Crippen molar-refractivity contribution in [3.8, 4) is 0 Å². The molecule has 4 aliphatic rings. The van der Waals surface area contributed by atoms with Crippen molar-refractivity contribution in [2.45, 2.75) is 121 Å². The number of nitrogens with two attached hydrogens (primary N) is 2. The number of anilines is 3. The molecule has 7 amide bonds. The Balaban J connectivity index is 0.741. The summed E-state index contributed by atoms with van der Waals surface area (Å²) in [7, 11) is -10.6. The average molecular weight is 1310 g/mol. The van der Waals surface area contributed by atoms with E-state index in [0.717, 1.165) is 39.3 Å². The van der Waals surface area contributed by atoms with E-state index in [1.54, 1.807) is 32.9 Å². The first-order chi connectivity index (χ1) is 42.8. The highest BCUT2D eigenvalue weighted by molar-refractivity contribution is 7.47. The number of ketones is 1. The Kier molecular flexibility index (Phi) is 21.1. The lowest BCUT2D eigenvalue weighted by Crippen LogP contribution is -2.46. The molecule has 35 nitrogen and oxygen atoms in total. The third-order valence-corrected chi connectivity index (χ3v) is 16.9. The number of nitrogens with zero attached hydrogens (tertiary/aromatic N) is 9. The number of amides is 7. The molecule has 39 heteroatoms. The van der Waals surface area contributed by atoms with Crippen LogP contribution in [0.25, 0.3) is 22.3 Å². The number of aliphatic hydroxyl groups is 1. The van der Waals surface area contributed by atoms with Gasteiger partial charge in [-0.1, -0.05) is 32.9 Å². The predicted molar refractivity (Wildman–Crippen MR) is 304 cm³/mol. The van der Waals surface area contributed by atoms with Gasteiger partial charge in [0.05, 0.1) is 38.0 Å². The maximum Gasteiger partial charge on any atom is 0.472 e. The summed E-state index contributed by atoms with van der Waals surface area (Å²) in [5.74, 6) is -4.08. The Morgan fingerprint density at radius 2 is 1.43 bits per heavy atom. The zero-order valence-corrected chi connectivity index (χ0v) is 50.1. The van der Waals surface area contributed by atoms with Crippen LogP contribution in [0.3, 0.4) is 0 Å². The molecule has 4 aromatic heterocycles. The fraction of sp³-hybridized carbons (Fsp3) is 0.549. The lowest BCUT2D eigenvalue weighted by atomic mass is 9.89. The van der Waals surface area contributed by atoms with Crippen LogP contribution < -0.4 is 38.1 Å². The molecular weight excluding hydrogens is 1240 g/mol. The molecule has 9 rings (SSSR count). The number of alkyl carbamates (subject to hydrolysis) is 1. The summed E-state index contributed by atoms with van der Waals surface area (Å²) in [6.07, 6.45) is -13.3. The van der Waals surface area contributed by atoms with Crippen LogP contribution in [-0.4, -0.2) is 189 Å². The number of imide groups is 1. The van der Waals surface area contributed by atoms with Gasteiger partial charge in [-0.15, -0.1) is 0 Å². The van der Waals surface area contributed by atoms with Gasteiger partial charge in [0.15, 0.2) is 59.0 Å². The Morgan fingerprint density at radius 1 is 0.833 bits per heavy atom. The molecule has 8 heterocycles. The maximum atomic E-state index is 16.6. The van der Waals surface area contributed by atoms with Gasteiger partial charge in [0.25, 0.3) is 0 Å². The number of phosphoric acid groups is 2. The standard InChI is InChI=1S/C51H66F2N16O19P2/c1-24(2)37(66-33(72)10-12-67-34(73)13-25(3)47(67)75)30(71)14-27(5-4-11-56-50(55)76)46(74)65-28-8-6-26(7-9-28)17-82-51(77)58-16-29(70)15-57-43-39-45(62-21-60-43)69(23-64-39)49-36(53)41-32(86-49)19-84-89(78,79)87-40-31(18-83-90(80,81)88-41)85-48(35(40)52)68-22-63-38-42(54)59-20-61-44(38)68/h6-9,20-25,27,29,31-32,35-37,40-41,48-49,70H,4-5,10-19H2,1-3H3,(H,58,77)(H,65,74)(H,66,72)(H,78,79)(H,80,81)(H2,54,59,61)(H3,55,56,76)(H,57,60,62)/t25?,27-,29?,31-,32-,35-,36-,37+,40-,41-,48-,49-/m1/s1. The highest BCUT2D eigenvalue weighted by atomic mass is 31.2. The number of nitrogen functional groups attached to an aromatic ring is 1. The number of aliphatic hydroxyl groups excluding tert-OH is 1. The molecule has 0 aliphatic carbocycles. The second-order valence-electron chi connectivity index (χ2n) is 21.8. The molecule has 4 aliphatic heterocycles. The molecule has 90 heavy (non-hydrogen) atoms. The van der Waals surface area contributed by atoms with Gasteiger partial charge < -0.3 is 67.2 Å². The molecule has 0 spiro atoms. The van der Waals surface area contributed by atoms with Gasteiger partial charge in [0.2, 0.25) is 23.6 Å². The first kappa shape index (κ1) is 66.6. The van der Waals surface area contributed by atoms with Gasteiger partial charge in [-0.05, 0) is 36.5 Å². The number of imidazole rings is 2. The highest BCUT2D eigenvalue weighted by Gasteiger charge is 2.55. The number of ether oxygens (including phenoxy) is 3. The molecule has 14 atom stereocenters. The number of hydrogen-bond donors (Lipinski definition) is 10. The zero-order valence-electron chi connectivity index (χ0n) is 48.3. The number of primary amides is 1. The fourth-order valence-corrected chi connectivity index (χ4v) is 12.2. The van der Waals surface area contributed by atoms with Gasteiger partial charge in [0.1, 0.15) is 49.2 Å². The summed E-state index contributed by atoms with van der Waals surface area (Å²) in [4.78, 5) is 136. The van der Waals surface area contributed by atoms with E-state index in [1.165, 1.54) is 12.1 Å². The van der Waals surface area contributed by atoms with E-state index in [2.05, 4.69) is 56.5 Å². The van der Waals surface area contributed by atoms with Gasteiger partial charge in [0, 0.05) is 63.0 Å². The van der Waals surface area contributed by atoms with Crippen LogP contribution in [0.15, 0.2) is 49.6 Å². The summed E-state index contributed by atoms with van der Waals surface area (Å²) in [5, 5.41) is 24.0. The van der Waals surface area contributed by atoms with E-state index >= 15 is 8.78 Å². The minimum atomic E-state index is -5.30. The minimum Gasteiger partial charge on any atom is -0.445 e. The summed E-state index contributed by atoms with van der Waals surface area (Å²) in [6.45, 7) is 2.23. The first-order valence-corrected chi connectivity index (χ1v) is 31.2. The predicted octanol–water partition coefficient (Wildman–Crippen LogP) is 1.32. The molecule has 12 N–H and O–H groups in total. The number of nitrogens with one attached hydrogen (secondary N) is 5. The van der Waals surface area contributed by atoms with Gasteiger partial charge in [-0.3, -0.25) is 56.1 Å². The van der Waals surface area contributed by atoms with Crippen LogP contribution in [0, 0.1) is 17.8 Å². The van der Waals surface area contributed by atoms with Crippen molar-refractivity contribution in [1.29, 1.82) is 0 Å². The molecule has 4 fully saturated rings. The summed E-state index contributed by atoms with van der Waals surface area (Å²) in [5.41, 5.74) is 11.9. The third kappa shape index (κ3) is 16.0. The molecule has 0 bridgehead atoms. The highest BCUT2D eigenvalue weighted by Crippen LogP contribution is 2.54. The zero-order chi connectivity index (χ0) is 64.8. The van der Waals surface area contributed by atoms with Crippen molar-refractivity contribution < 1.29 is 98.7 Å². The SMILES string of the molecule is CC1CC(=O)N(CCC(=O)N[C@H](C(=O)C[C@@H](CCCNC(N)=O)C(=O)Nc2ccc(COC(=O)NCC(O)CNc3ncnc4c3ncn4[C@@H]3O[C@@H]4COP(=O)(O)O[C@H]5[C@@H](F)[C@H](n6cnc7c(N)ncnc76)O[C@@H]5COP(=O)(O)O[C@H]4[C@H]3F)cc2)C(C)C)C1=O. The van der Waals surface area contributed by atoms with Gasteiger partial charge in [-0.2, -0.15) is 0 Å². The van der Waals surface area contributed by atoms with Crippen LogP contribution in [0.4, 0.5) is 35.7 Å². The van der Waals surface area contributed by atoms with Crippen LogP contribution in [0.2, 0.25) is 0 Å². The van der Waals surface area contributed by atoms with Crippen molar-refractivity contribution >= 4 is 96.8 Å². The second-order valence-corrected chi connectivity index (χ2v) is 24.6. The Hall–Kier alpha value is -7.83. The largest absolute Gasteiger partial charge is 0.472 e. The lowest BCUT2D eigenvalue weighted by molar-refractivity contribution is -0.140. The number of benzene rings is 1. The molecule has 4 saturated heterocycles. The van der Waals surface area contributed by atoms with Crippen molar-refractivity contribution in [3.63, 3.8) is 0 Å². The molecule has 0 saturated carbocycles. The molecule has 0 radical (unpaired) electrons. The minimum absolute atomic E-state index is 0.0133. The van der Waals surface area contributed by atoms with Crippen LogP contribution in [0.5, 0.6) is 0 Å².